The Kier molecular flexibility index (Phi) is 2.63. The van der Waals surface area contributed by atoms with Crippen LogP contribution in [-0.4, -0.2) is 21.1 Å². The maximum Gasteiger partial charge on any atom is 0.126 e. The molecule has 0 spiro atoms. The summed E-state index contributed by atoms with van der Waals surface area (Å²) in [6.45, 7) is 2.66. The van der Waals surface area contributed by atoms with Crippen LogP contribution in [0.15, 0.2) is 12.4 Å². The van der Waals surface area contributed by atoms with Crippen LogP contribution in [0.1, 0.15) is 37.1 Å². The van der Waals surface area contributed by atoms with Gasteiger partial charge in [-0.3, -0.25) is 0 Å². The van der Waals surface area contributed by atoms with Gasteiger partial charge in [0.2, 0.25) is 0 Å². The van der Waals surface area contributed by atoms with Gasteiger partial charge >= 0.3 is 0 Å². The molecular weight excluding hydrogens is 224 g/mol. The minimum atomic E-state index is 0.139. The summed E-state index contributed by atoms with van der Waals surface area (Å²) >= 11 is 0. The lowest BCUT2D eigenvalue weighted by atomic mass is 9.80. The van der Waals surface area contributed by atoms with Gasteiger partial charge in [0.05, 0.1) is 17.2 Å². The lowest BCUT2D eigenvalue weighted by Gasteiger charge is -2.26. The molecule has 1 fully saturated rings. The average Bonchev–Trinajstić information content (AvgIpc) is 2.95. The van der Waals surface area contributed by atoms with Crippen molar-refractivity contribution >= 4 is 11.0 Å². The first kappa shape index (κ1) is 11.7. The first-order chi connectivity index (χ1) is 8.66. The summed E-state index contributed by atoms with van der Waals surface area (Å²) in [5.41, 5.74) is 9.75. The normalized spacial score (nSPS) is 18.6. The molecule has 4 heteroatoms. The Morgan fingerprint density at radius 3 is 2.78 bits per heavy atom. The predicted molar refractivity (Wildman–Crippen MR) is 72.4 cm³/mol. The van der Waals surface area contributed by atoms with Crippen LogP contribution < -0.4 is 5.73 Å². The fourth-order valence-electron chi connectivity index (χ4n) is 3.27. The molecule has 3 rings (SSSR count). The Bertz CT molecular complexity index is 579. The first-order valence-corrected chi connectivity index (χ1v) is 6.65. The van der Waals surface area contributed by atoms with E-state index in [-0.39, 0.29) is 5.41 Å². The molecule has 0 amide bonds. The maximum atomic E-state index is 6.09. The topological polar surface area (TPSA) is 56.7 Å². The monoisotopic (exact) mass is 244 g/mol. The zero-order valence-corrected chi connectivity index (χ0v) is 11.1. The van der Waals surface area contributed by atoms with Crippen LogP contribution in [-0.2, 0) is 12.5 Å². The van der Waals surface area contributed by atoms with E-state index < -0.39 is 0 Å². The van der Waals surface area contributed by atoms with Gasteiger partial charge in [0.1, 0.15) is 5.82 Å². The van der Waals surface area contributed by atoms with Crippen LogP contribution in [0.2, 0.25) is 0 Å². The third-order valence-electron chi connectivity index (χ3n) is 4.37. The summed E-state index contributed by atoms with van der Waals surface area (Å²) in [4.78, 5) is 8.94. The van der Waals surface area contributed by atoms with E-state index in [2.05, 4.69) is 27.8 Å². The Hall–Kier alpha value is -1.42. The third kappa shape index (κ3) is 1.56. The number of nitrogens with two attached hydrogens (primary N) is 1. The molecule has 18 heavy (non-hydrogen) atoms. The summed E-state index contributed by atoms with van der Waals surface area (Å²) in [6, 6.07) is 0. The zero-order valence-electron chi connectivity index (χ0n) is 11.1. The first-order valence-electron chi connectivity index (χ1n) is 6.65. The molecule has 2 N–H and O–H groups in total. The molecule has 1 aliphatic carbocycles. The van der Waals surface area contributed by atoms with E-state index in [1.54, 1.807) is 0 Å². The Morgan fingerprint density at radius 1 is 1.39 bits per heavy atom. The molecule has 1 saturated carbocycles. The van der Waals surface area contributed by atoms with Crippen molar-refractivity contribution in [2.24, 2.45) is 12.8 Å². The average molecular weight is 244 g/mol. The van der Waals surface area contributed by atoms with Crippen LogP contribution in [0.4, 0.5) is 0 Å². The Morgan fingerprint density at radius 2 is 2.11 bits per heavy atom. The van der Waals surface area contributed by atoms with Gasteiger partial charge in [0, 0.05) is 30.8 Å². The smallest absolute Gasteiger partial charge is 0.126 e. The highest BCUT2D eigenvalue weighted by Crippen LogP contribution is 2.42. The van der Waals surface area contributed by atoms with Gasteiger partial charge in [0.25, 0.3) is 0 Å². The number of rotatable bonds is 2. The van der Waals surface area contributed by atoms with E-state index in [1.165, 1.54) is 31.2 Å². The van der Waals surface area contributed by atoms with E-state index in [1.807, 2.05) is 13.1 Å². The third-order valence-corrected chi connectivity index (χ3v) is 4.37. The predicted octanol–water partition coefficient (Wildman–Crippen LogP) is 2.05. The summed E-state index contributed by atoms with van der Waals surface area (Å²) in [5.74, 6) is 0.833. The van der Waals surface area contributed by atoms with Crippen molar-refractivity contribution < 1.29 is 0 Å². The molecule has 0 radical (unpaired) electrons. The van der Waals surface area contributed by atoms with Gasteiger partial charge in [-0.1, -0.05) is 12.8 Å². The molecule has 96 valence electrons. The quantitative estimate of drug-likeness (QED) is 0.879. The number of hydrogen-bond acceptors (Lipinski definition) is 3. The van der Waals surface area contributed by atoms with Crippen LogP contribution >= 0.6 is 0 Å². The minimum Gasteiger partial charge on any atom is -0.348 e. The van der Waals surface area contributed by atoms with Crippen molar-refractivity contribution in [2.75, 3.05) is 6.54 Å². The number of aromatic nitrogens is 3. The van der Waals surface area contributed by atoms with Gasteiger partial charge in [-0.05, 0) is 19.8 Å². The fourth-order valence-corrected chi connectivity index (χ4v) is 3.27. The van der Waals surface area contributed by atoms with Crippen LogP contribution in [0.25, 0.3) is 11.0 Å². The lowest BCUT2D eigenvalue weighted by Crippen LogP contribution is -2.32. The molecule has 2 aromatic rings. The molecule has 0 atom stereocenters. The second kappa shape index (κ2) is 4.05. The standard InChI is InChI=1S/C14H20N4/c1-10-16-7-12-13(17-10)11(8-18(12)2)14(9-15)5-3-4-6-14/h7-8H,3-6,9,15H2,1-2H3. The van der Waals surface area contributed by atoms with Crippen LogP contribution in [0, 0.1) is 6.92 Å². The van der Waals surface area contributed by atoms with Gasteiger partial charge in [-0.25, -0.2) is 9.97 Å². The van der Waals surface area contributed by atoms with Gasteiger partial charge in [-0.2, -0.15) is 0 Å². The zero-order chi connectivity index (χ0) is 12.8. The van der Waals surface area contributed by atoms with Gasteiger partial charge in [0.15, 0.2) is 0 Å². The molecule has 2 aromatic heterocycles. The van der Waals surface area contributed by atoms with Crippen LogP contribution in [0.3, 0.4) is 0 Å². The minimum absolute atomic E-state index is 0.139. The van der Waals surface area contributed by atoms with Crippen molar-refractivity contribution in [1.29, 1.82) is 0 Å². The Labute approximate surface area is 107 Å². The second-order valence-electron chi connectivity index (χ2n) is 5.50. The molecule has 1 aliphatic rings. The maximum absolute atomic E-state index is 6.09. The highest BCUT2D eigenvalue weighted by molar-refractivity contribution is 5.80. The fraction of sp³-hybridized carbons (Fsp3) is 0.571. The molecule has 0 unspecified atom stereocenters. The largest absolute Gasteiger partial charge is 0.348 e. The van der Waals surface area contributed by atoms with Crippen LogP contribution in [0.5, 0.6) is 0 Å². The molecule has 0 saturated heterocycles. The molecule has 0 aromatic carbocycles. The summed E-state index contributed by atoms with van der Waals surface area (Å²) in [6.07, 6.45) is 9.05. The van der Waals surface area contributed by atoms with Crippen molar-refractivity contribution in [3.63, 3.8) is 0 Å². The van der Waals surface area contributed by atoms with Crippen molar-refractivity contribution in [3.05, 3.63) is 23.8 Å². The molecule has 4 nitrogen and oxygen atoms in total. The van der Waals surface area contributed by atoms with Gasteiger partial charge < -0.3 is 10.3 Å². The van der Waals surface area contributed by atoms with Crippen molar-refractivity contribution in [3.8, 4) is 0 Å². The molecule has 0 bridgehead atoms. The molecule has 2 heterocycles. The Balaban J connectivity index is 2.25. The van der Waals surface area contributed by atoms with E-state index >= 15 is 0 Å². The lowest BCUT2D eigenvalue weighted by molar-refractivity contribution is 0.455. The second-order valence-corrected chi connectivity index (χ2v) is 5.50. The van der Waals surface area contributed by atoms with Crippen molar-refractivity contribution in [2.45, 2.75) is 38.0 Å². The van der Waals surface area contributed by atoms with Crippen molar-refractivity contribution in [1.82, 2.24) is 14.5 Å². The van der Waals surface area contributed by atoms with E-state index in [9.17, 15) is 0 Å². The number of hydrogen-bond donors (Lipinski definition) is 1. The van der Waals surface area contributed by atoms with Gasteiger partial charge in [-0.15, -0.1) is 0 Å². The summed E-state index contributed by atoms with van der Waals surface area (Å²) < 4.78 is 2.12. The number of aryl methyl sites for hydroxylation is 2. The number of fused-ring (bicyclic) bond motifs is 1. The number of nitrogens with zero attached hydrogens (tertiary/aromatic N) is 3. The summed E-state index contributed by atoms with van der Waals surface area (Å²) in [5, 5.41) is 0. The molecule has 0 aliphatic heterocycles. The highest BCUT2D eigenvalue weighted by Gasteiger charge is 2.37. The van der Waals surface area contributed by atoms with E-state index in [0.29, 0.717) is 0 Å². The highest BCUT2D eigenvalue weighted by atomic mass is 15.0. The van der Waals surface area contributed by atoms with E-state index in [0.717, 1.165) is 23.4 Å². The SMILES string of the molecule is Cc1ncc2c(n1)c(C1(CN)CCCC1)cn2C. The summed E-state index contributed by atoms with van der Waals surface area (Å²) in [7, 11) is 2.06. The van der Waals surface area contributed by atoms with E-state index in [4.69, 9.17) is 5.73 Å². The molecular formula is C14H20N4.